The Kier molecular flexibility index (Phi) is 5.57. The second kappa shape index (κ2) is 8.25. The molecule has 1 amide bonds. The van der Waals surface area contributed by atoms with Gasteiger partial charge in [-0.15, -0.1) is 0 Å². The first-order valence-corrected chi connectivity index (χ1v) is 10.1. The van der Waals surface area contributed by atoms with Crippen LogP contribution in [-0.4, -0.2) is 34.4 Å². The van der Waals surface area contributed by atoms with Gasteiger partial charge in [0.15, 0.2) is 0 Å². The zero-order valence-electron chi connectivity index (χ0n) is 14.7. The highest BCUT2D eigenvalue weighted by molar-refractivity contribution is 8.26. The van der Waals surface area contributed by atoms with Crippen LogP contribution in [-0.2, 0) is 9.53 Å². The lowest BCUT2D eigenvalue weighted by Crippen LogP contribution is -2.35. The lowest BCUT2D eigenvalue weighted by Gasteiger charge is -2.18. The maximum atomic E-state index is 12.7. The Morgan fingerprint density at radius 1 is 1.19 bits per heavy atom. The second-order valence-corrected chi connectivity index (χ2v) is 8.09. The minimum Gasteiger partial charge on any atom is -0.457 e. The first-order chi connectivity index (χ1) is 13.2. The van der Waals surface area contributed by atoms with Crippen molar-refractivity contribution in [3.63, 3.8) is 0 Å². The van der Waals surface area contributed by atoms with Gasteiger partial charge in [-0.05, 0) is 48.7 Å². The van der Waals surface area contributed by atoms with Gasteiger partial charge in [-0.25, -0.2) is 0 Å². The molecule has 2 fully saturated rings. The van der Waals surface area contributed by atoms with Gasteiger partial charge in [0, 0.05) is 6.61 Å². The summed E-state index contributed by atoms with van der Waals surface area (Å²) in [7, 11) is 0. The molecule has 0 N–H and O–H groups in total. The van der Waals surface area contributed by atoms with Gasteiger partial charge >= 0.3 is 0 Å². The third-order valence-corrected chi connectivity index (χ3v) is 5.80. The zero-order valence-corrected chi connectivity index (χ0v) is 16.3. The molecule has 0 spiro atoms. The van der Waals surface area contributed by atoms with Crippen molar-refractivity contribution >= 4 is 40.3 Å². The summed E-state index contributed by atoms with van der Waals surface area (Å²) < 4.78 is 12.1. The van der Waals surface area contributed by atoms with Crippen LogP contribution in [0, 0.1) is 0 Å². The highest BCUT2D eigenvalue weighted by Gasteiger charge is 2.34. The number of carbonyl (C=O) groups excluding carboxylic acids is 1. The number of rotatable bonds is 5. The molecule has 1 atom stereocenters. The number of ether oxygens (including phenoxy) is 2. The average molecular weight is 398 g/mol. The van der Waals surface area contributed by atoms with Crippen LogP contribution in [0.1, 0.15) is 18.4 Å². The summed E-state index contributed by atoms with van der Waals surface area (Å²) in [6.45, 7) is 1.31. The lowest BCUT2D eigenvalue weighted by atomic mass is 10.2. The molecule has 2 aliphatic heterocycles. The number of thioether (sulfide) groups is 1. The number of thiocarbonyl (C=S) groups is 1. The van der Waals surface area contributed by atoms with Gasteiger partial charge in [0.1, 0.15) is 15.8 Å². The van der Waals surface area contributed by atoms with Gasteiger partial charge in [-0.2, -0.15) is 0 Å². The number of benzene rings is 2. The summed E-state index contributed by atoms with van der Waals surface area (Å²) in [6, 6.07) is 17.3. The fourth-order valence-electron chi connectivity index (χ4n) is 3.09. The first-order valence-electron chi connectivity index (χ1n) is 8.89. The molecule has 2 aromatic rings. The zero-order chi connectivity index (χ0) is 18.6. The summed E-state index contributed by atoms with van der Waals surface area (Å²) in [6.07, 6.45) is 3.99. The molecule has 0 radical (unpaired) electrons. The van der Waals surface area contributed by atoms with Crippen LogP contribution in [0.2, 0.25) is 0 Å². The molecule has 0 aliphatic carbocycles. The SMILES string of the molecule is O=C1/C(=C/c2cccc(Oc3ccccc3)c2)SC(=S)N1C[C@H]1CCCO1. The molecular formula is C21H19NO3S2. The van der Waals surface area contributed by atoms with E-state index in [0.717, 1.165) is 36.5 Å². The summed E-state index contributed by atoms with van der Waals surface area (Å²) >= 11 is 6.75. The molecule has 4 rings (SSSR count). The fourth-order valence-corrected chi connectivity index (χ4v) is 4.37. The molecule has 0 aromatic heterocycles. The van der Waals surface area contributed by atoms with Gasteiger partial charge in [-0.1, -0.05) is 54.3 Å². The maximum Gasteiger partial charge on any atom is 0.266 e. The summed E-state index contributed by atoms with van der Waals surface area (Å²) in [5.41, 5.74) is 0.904. The monoisotopic (exact) mass is 397 g/mol. The summed E-state index contributed by atoms with van der Waals surface area (Å²) in [5, 5.41) is 0. The predicted molar refractivity (Wildman–Crippen MR) is 112 cm³/mol. The van der Waals surface area contributed by atoms with Crippen molar-refractivity contribution in [2.75, 3.05) is 13.2 Å². The number of nitrogens with zero attached hydrogens (tertiary/aromatic N) is 1. The quantitative estimate of drug-likeness (QED) is 0.532. The largest absolute Gasteiger partial charge is 0.457 e. The highest BCUT2D eigenvalue weighted by atomic mass is 32.2. The highest BCUT2D eigenvalue weighted by Crippen LogP contribution is 2.34. The van der Waals surface area contributed by atoms with E-state index in [-0.39, 0.29) is 12.0 Å². The van der Waals surface area contributed by atoms with E-state index in [9.17, 15) is 4.79 Å². The molecule has 138 valence electrons. The van der Waals surface area contributed by atoms with E-state index in [1.807, 2.05) is 60.7 Å². The van der Waals surface area contributed by atoms with Crippen LogP contribution in [0.15, 0.2) is 59.5 Å². The molecule has 27 heavy (non-hydrogen) atoms. The van der Waals surface area contributed by atoms with E-state index in [2.05, 4.69) is 0 Å². The van der Waals surface area contributed by atoms with Crippen molar-refractivity contribution in [2.24, 2.45) is 0 Å². The Hall–Kier alpha value is -2.15. The van der Waals surface area contributed by atoms with Crippen LogP contribution in [0.3, 0.4) is 0 Å². The van der Waals surface area contributed by atoms with Gasteiger partial charge in [0.2, 0.25) is 0 Å². The maximum absolute atomic E-state index is 12.7. The van der Waals surface area contributed by atoms with E-state index in [1.165, 1.54) is 11.8 Å². The predicted octanol–water partition coefficient (Wildman–Crippen LogP) is 4.86. The average Bonchev–Trinajstić information content (AvgIpc) is 3.27. The molecule has 0 saturated carbocycles. The third-order valence-electron chi connectivity index (χ3n) is 4.42. The first kappa shape index (κ1) is 18.2. The van der Waals surface area contributed by atoms with Gasteiger partial charge in [0.25, 0.3) is 5.91 Å². The smallest absolute Gasteiger partial charge is 0.266 e. The Labute approximate surface area is 168 Å². The minimum atomic E-state index is -0.0464. The topological polar surface area (TPSA) is 38.8 Å². The van der Waals surface area contributed by atoms with Crippen LogP contribution in [0.25, 0.3) is 6.08 Å². The van der Waals surface area contributed by atoms with Crippen LogP contribution < -0.4 is 4.74 Å². The van der Waals surface area contributed by atoms with Crippen molar-refractivity contribution in [1.82, 2.24) is 4.90 Å². The second-order valence-electron chi connectivity index (χ2n) is 6.41. The number of carbonyl (C=O) groups is 1. The van der Waals surface area contributed by atoms with Gasteiger partial charge in [0.05, 0.1) is 17.6 Å². The van der Waals surface area contributed by atoms with Gasteiger partial charge < -0.3 is 9.47 Å². The molecular weight excluding hydrogens is 378 g/mol. The Balaban J connectivity index is 1.49. The van der Waals surface area contributed by atoms with Crippen molar-refractivity contribution < 1.29 is 14.3 Å². The summed E-state index contributed by atoms with van der Waals surface area (Å²) in [4.78, 5) is 15.0. The van der Waals surface area contributed by atoms with Crippen molar-refractivity contribution in [3.05, 3.63) is 65.1 Å². The molecule has 0 unspecified atom stereocenters. The Morgan fingerprint density at radius 3 is 2.78 bits per heavy atom. The van der Waals surface area contributed by atoms with E-state index >= 15 is 0 Å². The number of hydrogen-bond donors (Lipinski definition) is 0. The van der Waals surface area contributed by atoms with Crippen molar-refractivity contribution in [1.29, 1.82) is 0 Å². The molecule has 4 nitrogen and oxygen atoms in total. The Bertz CT molecular complexity index is 876. The molecule has 2 saturated heterocycles. The Morgan fingerprint density at radius 2 is 2.00 bits per heavy atom. The van der Waals surface area contributed by atoms with E-state index in [0.29, 0.717) is 15.8 Å². The fraction of sp³-hybridized carbons (Fsp3) is 0.238. The van der Waals surface area contributed by atoms with Crippen molar-refractivity contribution in [3.8, 4) is 11.5 Å². The van der Waals surface area contributed by atoms with Crippen LogP contribution in [0.4, 0.5) is 0 Å². The molecule has 2 aromatic carbocycles. The normalized spacial score (nSPS) is 21.3. The number of amides is 1. The minimum absolute atomic E-state index is 0.0464. The molecule has 6 heteroatoms. The van der Waals surface area contributed by atoms with E-state index in [1.54, 1.807) is 4.90 Å². The standard InChI is InChI=1S/C21H19NO3S2/c23-20-19(27-21(26)22(20)14-18-10-5-11-24-18)13-15-6-4-9-17(12-15)25-16-7-2-1-3-8-16/h1-4,6-9,12-13,18H,5,10-11,14H2/b19-13-/t18-/m1/s1. The van der Waals surface area contributed by atoms with Crippen molar-refractivity contribution in [2.45, 2.75) is 18.9 Å². The van der Waals surface area contributed by atoms with Crippen LogP contribution in [0.5, 0.6) is 11.5 Å². The van der Waals surface area contributed by atoms with E-state index in [4.69, 9.17) is 21.7 Å². The third kappa shape index (κ3) is 4.40. The van der Waals surface area contributed by atoms with Crippen LogP contribution >= 0.6 is 24.0 Å². The number of hydrogen-bond acceptors (Lipinski definition) is 5. The lowest BCUT2D eigenvalue weighted by molar-refractivity contribution is -0.123. The summed E-state index contributed by atoms with van der Waals surface area (Å²) in [5.74, 6) is 1.46. The van der Waals surface area contributed by atoms with Gasteiger partial charge in [-0.3, -0.25) is 9.69 Å². The molecule has 2 heterocycles. The molecule has 2 aliphatic rings. The van der Waals surface area contributed by atoms with E-state index < -0.39 is 0 Å². The number of para-hydroxylation sites is 1. The molecule has 0 bridgehead atoms.